The highest BCUT2D eigenvalue weighted by molar-refractivity contribution is 5.97. The predicted octanol–water partition coefficient (Wildman–Crippen LogP) is 1.23. The zero-order valence-corrected chi connectivity index (χ0v) is 20.5. The van der Waals surface area contributed by atoms with E-state index in [1.54, 1.807) is 18.5 Å². The molecule has 1 aromatic carbocycles. The molecule has 0 unspecified atom stereocenters. The number of carbonyl (C=O) groups is 4. The summed E-state index contributed by atoms with van der Waals surface area (Å²) in [5.74, 6) is -2.19. The van der Waals surface area contributed by atoms with Crippen molar-refractivity contribution in [3.05, 3.63) is 53.9 Å². The maximum Gasteiger partial charge on any atom is 0.407 e. The Morgan fingerprint density at radius 1 is 1.08 bits per heavy atom. The minimum Gasteiger partial charge on any atom is -0.507 e. The molecule has 0 saturated heterocycles. The number of rotatable bonds is 13. The Labute approximate surface area is 213 Å². The van der Waals surface area contributed by atoms with Gasteiger partial charge in [-0.15, -0.1) is 0 Å². The fourth-order valence-electron chi connectivity index (χ4n) is 2.79. The van der Waals surface area contributed by atoms with Gasteiger partial charge in [-0.2, -0.15) is 0 Å². The number of urea groups is 1. The molecule has 1 atom stereocenters. The van der Waals surface area contributed by atoms with Gasteiger partial charge in [0, 0.05) is 31.5 Å². The number of carboxylic acids is 1. The number of ether oxygens (including phenoxy) is 2. The number of aromatic hydroxyl groups is 1. The van der Waals surface area contributed by atoms with Crippen LogP contribution in [0, 0.1) is 5.92 Å². The molecule has 0 bridgehead atoms. The molecule has 13 nitrogen and oxygen atoms in total. The zero-order chi connectivity index (χ0) is 27.2. The molecule has 1 aromatic heterocycles. The van der Waals surface area contributed by atoms with Crippen molar-refractivity contribution in [3.8, 4) is 11.5 Å². The van der Waals surface area contributed by atoms with Gasteiger partial charge in [-0.05, 0) is 29.7 Å². The summed E-state index contributed by atoms with van der Waals surface area (Å²) in [5, 5.41) is 29.3. The molecule has 1 heterocycles. The summed E-state index contributed by atoms with van der Waals surface area (Å²) >= 11 is 0. The Morgan fingerprint density at radius 2 is 1.86 bits per heavy atom. The van der Waals surface area contributed by atoms with E-state index in [-0.39, 0.29) is 43.0 Å². The van der Waals surface area contributed by atoms with Crippen LogP contribution in [0.3, 0.4) is 0 Å². The first-order valence-electron chi connectivity index (χ1n) is 11.5. The highest BCUT2D eigenvalue weighted by Gasteiger charge is 2.22. The molecule has 13 heteroatoms. The predicted molar refractivity (Wildman–Crippen MR) is 131 cm³/mol. The fraction of sp³-hybridized carbons (Fsp3) is 0.375. The van der Waals surface area contributed by atoms with E-state index in [4.69, 9.17) is 9.47 Å². The van der Waals surface area contributed by atoms with Gasteiger partial charge in [-0.25, -0.2) is 14.4 Å². The summed E-state index contributed by atoms with van der Waals surface area (Å²) < 4.78 is 10.3. The number of carboxylic acid groups (broad SMARTS) is 1. The van der Waals surface area contributed by atoms with Gasteiger partial charge < -0.3 is 41.0 Å². The van der Waals surface area contributed by atoms with Gasteiger partial charge in [0.25, 0.3) is 5.91 Å². The third kappa shape index (κ3) is 10.7. The van der Waals surface area contributed by atoms with E-state index in [9.17, 15) is 29.4 Å². The molecule has 4 amide bonds. The monoisotopic (exact) mass is 517 g/mol. The zero-order valence-electron chi connectivity index (χ0n) is 20.5. The molecule has 0 aliphatic rings. The van der Waals surface area contributed by atoms with Crippen LogP contribution < -0.4 is 26.0 Å². The van der Waals surface area contributed by atoms with Crippen molar-refractivity contribution in [1.29, 1.82) is 0 Å². The maximum absolute atomic E-state index is 12.4. The molecule has 0 fully saturated rings. The molecular formula is C24H31N5O8. The van der Waals surface area contributed by atoms with Crippen molar-refractivity contribution >= 4 is 24.0 Å². The Kier molecular flexibility index (Phi) is 11.4. The van der Waals surface area contributed by atoms with Crippen LogP contribution in [0.4, 0.5) is 9.59 Å². The molecule has 200 valence electrons. The minimum atomic E-state index is -1.43. The van der Waals surface area contributed by atoms with Gasteiger partial charge in [0.05, 0.1) is 18.7 Å². The molecule has 6 N–H and O–H groups in total. The van der Waals surface area contributed by atoms with Crippen molar-refractivity contribution < 1.29 is 38.9 Å². The van der Waals surface area contributed by atoms with Crippen LogP contribution in [-0.2, 0) is 16.1 Å². The Hall–Kier alpha value is -4.55. The Bertz CT molecular complexity index is 1060. The highest BCUT2D eigenvalue weighted by Crippen LogP contribution is 2.23. The van der Waals surface area contributed by atoms with Crippen molar-refractivity contribution in [1.82, 2.24) is 26.3 Å². The van der Waals surface area contributed by atoms with Crippen LogP contribution in [0.15, 0.2) is 42.7 Å². The largest absolute Gasteiger partial charge is 0.507 e. The number of aliphatic carboxylic acids is 1. The number of amides is 4. The van der Waals surface area contributed by atoms with E-state index >= 15 is 0 Å². The van der Waals surface area contributed by atoms with E-state index in [1.165, 1.54) is 18.2 Å². The van der Waals surface area contributed by atoms with Crippen molar-refractivity contribution in [2.24, 2.45) is 5.92 Å². The number of alkyl carbamates (subject to hydrolysis) is 1. The first-order valence-corrected chi connectivity index (χ1v) is 11.5. The van der Waals surface area contributed by atoms with E-state index in [0.29, 0.717) is 6.54 Å². The number of carbonyl (C=O) groups excluding carboxylic acids is 3. The van der Waals surface area contributed by atoms with Gasteiger partial charge >= 0.3 is 18.1 Å². The van der Waals surface area contributed by atoms with Gasteiger partial charge in [-0.3, -0.25) is 9.78 Å². The van der Waals surface area contributed by atoms with Crippen LogP contribution >= 0.6 is 0 Å². The molecule has 37 heavy (non-hydrogen) atoms. The Balaban J connectivity index is 1.76. The minimum absolute atomic E-state index is 0.0716. The number of aromatic nitrogens is 1. The van der Waals surface area contributed by atoms with Gasteiger partial charge in [-0.1, -0.05) is 19.9 Å². The molecule has 0 saturated carbocycles. The normalized spacial score (nSPS) is 11.2. The van der Waals surface area contributed by atoms with Crippen molar-refractivity contribution in [2.75, 3.05) is 26.3 Å². The first-order chi connectivity index (χ1) is 17.7. The molecule has 0 spiro atoms. The number of hydrogen-bond acceptors (Lipinski definition) is 8. The summed E-state index contributed by atoms with van der Waals surface area (Å²) in [6, 6.07) is 5.74. The summed E-state index contributed by atoms with van der Waals surface area (Å²) in [5.41, 5.74) is 0.735. The number of pyridine rings is 1. The average Bonchev–Trinajstić information content (AvgIpc) is 2.87. The summed E-state index contributed by atoms with van der Waals surface area (Å²) in [6.45, 7) is 3.94. The molecular weight excluding hydrogens is 486 g/mol. The second kappa shape index (κ2) is 14.8. The van der Waals surface area contributed by atoms with Crippen LogP contribution in [0.5, 0.6) is 11.5 Å². The summed E-state index contributed by atoms with van der Waals surface area (Å²) in [6.07, 6.45) is 2.37. The molecule has 0 aliphatic heterocycles. The second-order valence-corrected chi connectivity index (χ2v) is 8.24. The van der Waals surface area contributed by atoms with Crippen molar-refractivity contribution in [2.45, 2.75) is 26.4 Å². The molecule has 0 aliphatic carbocycles. The maximum atomic E-state index is 12.4. The van der Waals surface area contributed by atoms with E-state index in [0.717, 1.165) is 5.56 Å². The first kappa shape index (κ1) is 28.7. The molecule has 2 rings (SSSR count). The third-order valence-corrected chi connectivity index (χ3v) is 4.65. The topological polar surface area (TPSA) is 188 Å². The lowest BCUT2D eigenvalue weighted by molar-refractivity contribution is -0.139. The average molecular weight is 518 g/mol. The van der Waals surface area contributed by atoms with Gasteiger partial charge in [0.2, 0.25) is 0 Å². The standard InChI is InChI=1S/C24H31N5O8/c1-15(2)14-37-24(35)29-19(22(32)33)13-27-21(31)18-6-5-17(10-20(18)30)36-9-8-26-23(34)28-12-16-4-3-7-25-11-16/h3-7,10-11,15,19,30H,8-9,12-14H2,1-2H3,(H,27,31)(H,29,35)(H,32,33)(H2,26,28,34)/t19-/m0/s1. The lowest BCUT2D eigenvalue weighted by atomic mass is 10.1. The van der Waals surface area contributed by atoms with Crippen LogP contribution in [0.1, 0.15) is 29.8 Å². The number of phenols is 1. The van der Waals surface area contributed by atoms with Gasteiger partial charge in [0.1, 0.15) is 24.1 Å². The smallest absolute Gasteiger partial charge is 0.407 e. The highest BCUT2D eigenvalue weighted by atomic mass is 16.5. The van der Waals surface area contributed by atoms with Crippen molar-refractivity contribution in [3.63, 3.8) is 0 Å². The van der Waals surface area contributed by atoms with Crippen LogP contribution in [0.25, 0.3) is 0 Å². The SMILES string of the molecule is CC(C)COC(=O)N[C@@H](CNC(=O)c1ccc(OCCNC(=O)NCc2cccnc2)cc1O)C(=O)O. The molecule has 2 aromatic rings. The fourth-order valence-corrected chi connectivity index (χ4v) is 2.79. The number of phenolic OH excluding ortho intramolecular Hbond substituents is 1. The van der Waals surface area contributed by atoms with E-state index in [1.807, 2.05) is 19.9 Å². The number of hydrogen-bond donors (Lipinski definition) is 6. The summed E-state index contributed by atoms with van der Waals surface area (Å²) in [4.78, 5) is 51.3. The lowest BCUT2D eigenvalue weighted by Crippen LogP contribution is -2.48. The van der Waals surface area contributed by atoms with E-state index < -0.39 is 36.3 Å². The number of benzene rings is 1. The quantitative estimate of drug-likeness (QED) is 0.212. The van der Waals surface area contributed by atoms with Crippen LogP contribution in [-0.4, -0.2) is 71.5 Å². The second-order valence-electron chi connectivity index (χ2n) is 8.24. The van der Waals surface area contributed by atoms with Gasteiger partial charge in [0.15, 0.2) is 0 Å². The Morgan fingerprint density at radius 3 is 2.51 bits per heavy atom. The lowest BCUT2D eigenvalue weighted by Gasteiger charge is -2.16. The number of nitrogens with one attached hydrogen (secondary N) is 4. The van der Waals surface area contributed by atoms with E-state index in [2.05, 4.69) is 26.3 Å². The molecule has 0 radical (unpaired) electrons. The summed E-state index contributed by atoms with van der Waals surface area (Å²) in [7, 11) is 0. The van der Waals surface area contributed by atoms with Crippen LogP contribution in [0.2, 0.25) is 0 Å². The third-order valence-electron chi connectivity index (χ3n) is 4.65. The number of nitrogens with zero attached hydrogens (tertiary/aromatic N) is 1.